The lowest BCUT2D eigenvalue weighted by molar-refractivity contribution is -0.117. The predicted molar refractivity (Wildman–Crippen MR) is 67.1 cm³/mol. The lowest BCUT2D eigenvalue weighted by Gasteiger charge is -2.19. The van der Waals surface area contributed by atoms with Gasteiger partial charge in [0.05, 0.1) is 12.3 Å². The number of carbonyl (C=O) groups excluding carboxylic acids is 1. The summed E-state index contributed by atoms with van der Waals surface area (Å²) in [6.07, 6.45) is 0.484. The van der Waals surface area contributed by atoms with Gasteiger partial charge in [-0.05, 0) is 12.1 Å². The summed E-state index contributed by atoms with van der Waals surface area (Å²) in [6, 6.07) is 5.17. The summed E-state index contributed by atoms with van der Waals surface area (Å²) in [6.45, 7) is 0.523. The number of amides is 1. The van der Waals surface area contributed by atoms with E-state index in [1.807, 2.05) is 0 Å². The van der Waals surface area contributed by atoms with E-state index in [0.29, 0.717) is 23.7 Å². The maximum atomic E-state index is 11.7. The van der Waals surface area contributed by atoms with Gasteiger partial charge in [0.15, 0.2) is 0 Å². The molecule has 1 saturated heterocycles. The van der Waals surface area contributed by atoms with Crippen LogP contribution in [0, 0.1) is 0 Å². The normalized spacial score (nSPS) is 20.6. The molecule has 1 aromatic rings. The number of hydrogen-bond donors (Lipinski definition) is 1. The minimum absolute atomic E-state index is 0.0545. The molecule has 0 aliphatic carbocycles. The van der Waals surface area contributed by atoms with Crippen LogP contribution in [0.25, 0.3) is 0 Å². The van der Waals surface area contributed by atoms with Crippen LogP contribution < -0.4 is 4.90 Å². The lowest BCUT2D eigenvalue weighted by atomic mass is 10.1. The first-order valence-corrected chi connectivity index (χ1v) is 6.25. The summed E-state index contributed by atoms with van der Waals surface area (Å²) < 4.78 is 0. The lowest BCUT2D eigenvalue weighted by Crippen LogP contribution is -2.25. The van der Waals surface area contributed by atoms with Gasteiger partial charge in [-0.2, -0.15) is 0 Å². The van der Waals surface area contributed by atoms with Crippen LogP contribution in [-0.2, 0) is 11.4 Å². The summed E-state index contributed by atoms with van der Waals surface area (Å²) in [7, 11) is 0. The van der Waals surface area contributed by atoms with E-state index in [1.165, 1.54) is 0 Å². The fraction of sp³-hybridized carbons (Fsp3) is 0.364. The zero-order valence-corrected chi connectivity index (χ0v) is 10.8. The number of carbonyl (C=O) groups is 1. The summed E-state index contributed by atoms with van der Waals surface area (Å²) in [5, 5.41) is 9.80. The van der Waals surface area contributed by atoms with Gasteiger partial charge in [-0.1, -0.05) is 33.6 Å². The fourth-order valence-electron chi connectivity index (χ4n) is 1.82. The van der Waals surface area contributed by atoms with Crippen molar-refractivity contribution in [1.82, 2.24) is 0 Å². The Bertz CT molecular complexity index is 424. The highest BCUT2D eigenvalue weighted by atomic mass is 79.9. The summed E-state index contributed by atoms with van der Waals surface area (Å²) >= 11 is 9.33. The van der Waals surface area contributed by atoms with Gasteiger partial charge in [-0.15, -0.1) is 0 Å². The van der Waals surface area contributed by atoms with Crippen molar-refractivity contribution in [2.24, 2.45) is 0 Å². The average molecular weight is 305 g/mol. The van der Waals surface area contributed by atoms with Crippen molar-refractivity contribution >= 4 is 39.1 Å². The number of aliphatic hydroxyl groups is 1. The van der Waals surface area contributed by atoms with Crippen LogP contribution in [0.4, 0.5) is 5.69 Å². The zero-order valence-electron chi connectivity index (χ0n) is 8.49. The molecule has 1 atom stereocenters. The third-order valence-corrected chi connectivity index (χ3v) is 3.43. The molecule has 0 spiro atoms. The standard InChI is InChI=1S/C11H11BrClNO2/c12-8-3-11(16)14(5-8)10-4-9(13)2-1-7(10)6-15/h1-2,4,8,15H,3,5-6H2. The first-order valence-electron chi connectivity index (χ1n) is 4.95. The molecular weight excluding hydrogens is 293 g/mol. The first-order chi connectivity index (χ1) is 7.61. The Morgan fingerprint density at radius 3 is 2.88 bits per heavy atom. The van der Waals surface area contributed by atoms with Gasteiger partial charge >= 0.3 is 0 Å². The maximum Gasteiger partial charge on any atom is 0.228 e. The van der Waals surface area contributed by atoms with Crippen molar-refractivity contribution in [3.05, 3.63) is 28.8 Å². The van der Waals surface area contributed by atoms with Gasteiger partial charge in [-0.25, -0.2) is 0 Å². The van der Waals surface area contributed by atoms with Gasteiger partial charge in [-0.3, -0.25) is 4.79 Å². The molecule has 1 aliphatic heterocycles. The van der Waals surface area contributed by atoms with Crippen molar-refractivity contribution in [3.63, 3.8) is 0 Å². The molecule has 0 bridgehead atoms. The number of hydrogen-bond acceptors (Lipinski definition) is 2. The smallest absolute Gasteiger partial charge is 0.228 e. The van der Waals surface area contributed by atoms with Crippen LogP contribution in [0.1, 0.15) is 12.0 Å². The van der Waals surface area contributed by atoms with E-state index in [0.717, 1.165) is 5.56 Å². The highest BCUT2D eigenvalue weighted by Gasteiger charge is 2.30. The number of rotatable bonds is 2. The number of anilines is 1. The molecular formula is C11H11BrClNO2. The van der Waals surface area contributed by atoms with E-state index in [1.54, 1.807) is 23.1 Å². The van der Waals surface area contributed by atoms with Crippen molar-refractivity contribution in [2.75, 3.05) is 11.4 Å². The monoisotopic (exact) mass is 303 g/mol. The van der Waals surface area contributed by atoms with Crippen molar-refractivity contribution < 1.29 is 9.90 Å². The second-order valence-corrected chi connectivity index (χ2v) is 5.47. The van der Waals surface area contributed by atoms with Gasteiger partial charge in [0.1, 0.15) is 0 Å². The molecule has 16 heavy (non-hydrogen) atoms. The second kappa shape index (κ2) is 4.73. The minimum Gasteiger partial charge on any atom is -0.392 e. The quantitative estimate of drug-likeness (QED) is 0.852. The number of alkyl halides is 1. The molecule has 2 rings (SSSR count). The molecule has 1 aliphatic rings. The predicted octanol–water partition coefficient (Wildman–Crippen LogP) is 2.33. The molecule has 1 fully saturated rings. The van der Waals surface area contributed by atoms with Crippen LogP contribution in [0.15, 0.2) is 18.2 Å². The zero-order chi connectivity index (χ0) is 11.7. The van der Waals surface area contributed by atoms with E-state index in [4.69, 9.17) is 11.6 Å². The highest BCUT2D eigenvalue weighted by Crippen LogP contribution is 2.30. The molecule has 3 nitrogen and oxygen atoms in total. The van der Waals surface area contributed by atoms with Crippen LogP contribution in [0.3, 0.4) is 0 Å². The largest absolute Gasteiger partial charge is 0.392 e. The van der Waals surface area contributed by atoms with Crippen LogP contribution in [0.5, 0.6) is 0 Å². The van der Waals surface area contributed by atoms with Gasteiger partial charge in [0, 0.05) is 28.4 Å². The van der Waals surface area contributed by atoms with E-state index in [9.17, 15) is 9.90 Å². The van der Waals surface area contributed by atoms with Crippen LogP contribution in [0.2, 0.25) is 5.02 Å². The average Bonchev–Trinajstić information content (AvgIpc) is 2.57. The fourth-order valence-corrected chi connectivity index (χ4v) is 2.55. The summed E-state index contributed by atoms with van der Waals surface area (Å²) in [5.41, 5.74) is 1.43. The van der Waals surface area contributed by atoms with Crippen molar-refractivity contribution in [1.29, 1.82) is 0 Å². The third-order valence-electron chi connectivity index (χ3n) is 2.59. The Labute approximate surface area is 107 Å². The Kier molecular flexibility index (Phi) is 3.52. The minimum atomic E-state index is -0.0940. The molecule has 0 aromatic heterocycles. The molecule has 1 amide bonds. The molecule has 0 saturated carbocycles. The maximum absolute atomic E-state index is 11.7. The number of benzene rings is 1. The molecule has 1 heterocycles. The Morgan fingerprint density at radius 1 is 1.56 bits per heavy atom. The second-order valence-electron chi connectivity index (χ2n) is 3.74. The number of halogens is 2. The van der Waals surface area contributed by atoms with Crippen molar-refractivity contribution in [2.45, 2.75) is 17.9 Å². The van der Waals surface area contributed by atoms with E-state index < -0.39 is 0 Å². The third kappa shape index (κ3) is 2.24. The molecule has 1 N–H and O–H groups in total. The number of nitrogens with zero attached hydrogens (tertiary/aromatic N) is 1. The molecule has 0 radical (unpaired) electrons. The van der Waals surface area contributed by atoms with Crippen molar-refractivity contribution in [3.8, 4) is 0 Å². The molecule has 1 unspecified atom stereocenters. The van der Waals surface area contributed by atoms with E-state index in [2.05, 4.69) is 15.9 Å². The Morgan fingerprint density at radius 2 is 2.31 bits per heavy atom. The SMILES string of the molecule is O=C1CC(Br)CN1c1cc(Cl)ccc1CO. The first kappa shape index (κ1) is 11.9. The highest BCUT2D eigenvalue weighted by molar-refractivity contribution is 9.09. The summed E-state index contributed by atoms with van der Waals surface area (Å²) in [4.78, 5) is 13.6. The van der Waals surface area contributed by atoms with Gasteiger partial charge in [0.2, 0.25) is 5.91 Å². The Balaban J connectivity index is 2.39. The Hall–Kier alpha value is -0.580. The van der Waals surface area contributed by atoms with Crippen LogP contribution >= 0.6 is 27.5 Å². The summed E-state index contributed by atoms with van der Waals surface area (Å²) in [5.74, 6) is 0.0545. The van der Waals surface area contributed by atoms with Gasteiger partial charge in [0.25, 0.3) is 0 Å². The topological polar surface area (TPSA) is 40.5 Å². The van der Waals surface area contributed by atoms with E-state index >= 15 is 0 Å². The number of aliphatic hydroxyl groups excluding tert-OH is 1. The molecule has 86 valence electrons. The van der Waals surface area contributed by atoms with Gasteiger partial charge < -0.3 is 10.0 Å². The molecule has 5 heteroatoms. The van der Waals surface area contributed by atoms with Crippen LogP contribution in [-0.4, -0.2) is 22.4 Å². The van der Waals surface area contributed by atoms with E-state index in [-0.39, 0.29) is 17.3 Å². The molecule has 1 aromatic carbocycles.